The normalized spacial score (nSPS) is 11.2. The van der Waals surface area contributed by atoms with Gasteiger partial charge in [0.15, 0.2) is 5.84 Å². The standard InChI is InChI=1S/C11H11N5O2/c12-10(16-18)7-2-1-3-8(4-7)11(17)15-9-5-13-14-6-9/h1-6,18H,(H2,12,16)(H,13,14)(H,15,17). The molecule has 0 saturated carbocycles. The Morgan fingerprint density at radius 3 is 2.89 bits per heavy atom. The average molecular weight is 245 g/mol. The SMILES string of the molecule is N/C(=N\O)c1cccc(C(=O)Nc2cn[nH]c2)c1. The summed E-state index contributed by atoms with van der Waals surface area (Å²) in [6.45, 7) is 0. The number of oxime groups is 1. The summed E-state index contributed by atoms with van der Waals surface area (Å²) in [5.74, 6) is -0.350. The van der Waals surface area contributed by atoms with Gasteiger partial charge in [-0.3, -0.25) is 9.89 Å². The van der Waals surface area contributed by atoms with E-state index in [-0.39, 0.29) is 11.7 Å². The Bertz CT molecular complexity index is 577. The predicted octanol–water partition coefficient (Wildman–Crippen LogP) is 0.756. The Morgan fingerprint density at radius 1 is 1.44 bits per heavy atom. The van der Waals surface area contributed by atoms with E-state index in [0.29, 0.717) is 16.8 Å². The summed E-state index contributed by atoms with van der Waals surface area (Å²) < 4.78 is 0. The number of aromatic nitrogens is 2. The molecule has 7 heteroatoms. The van der Waals surface area contributed by atoms with Crippen molar-refractivity contribution in [2.75, 3.05) is 5.32 Å². The van der Waals surface area contributed by atoms with Gasteiger partial charge in [0.05, 0.1) is 11.9 Å². The summed E-state index contributed by atoms with van der Waals surface area (Å²) in [7, 11) is 0. The van der Waals surface area contributed by atoms with E-state index in [1.54, 1.807) is 24.4 Å². The lowest BCUT2D eigenvalue weighted by atomic mass is 10.1. The molecule has 1 aromatic heterocycles. The zero-order valence-electron chi connectivity index (χ0n) is 9.29. The molecule has 0 aliphatic carbocycles. The van der Waals surface area contributed by atoms with Crippen molar-refractivity contribution < 1.29 is 10.0 Å². The summed E-state index contributed by atoms with van der Waals surface area (Å²) in [6.07, 6.45) is 3.05. The van der Waals surface area contributed by atoms with Gasteiger partial charge in [-0.25, -0.2) is 0 Å². The van der Waals surface area contributed by atoms with Crippen molar-refractivity contribution in [2.24, 2.45) is 10.9 Å². The molecule has 2 aromatic rings. The van der Waals surface area contributed by atoms with Crippen molar-refractivity contribution in [3.05, 3.63) is 47.8 Å². The van der Waals surface area contributed by atoms with Crippen LogP contribution in [0.5, 0.6) is 0 Å². The van der Waals surface area contributed by atoms with E-state index in [2.05, 4.69) is 20.7 Å². The number of amidine groups is 1. The van der Waals surface area contributed by atoms with Crippen LogP contribution in [0.15, 0.2) is 41.8 Å². The predicted molar refractivity (Wildman–Crippen MR) is 65.5 cm³/mol. The van der Waals surface area contributed by atoms with Gasteiger partial charge >= 0.3 is 0 Å². The van der Waals surface area contributed by atoms with E-state index in [0.717, 1.165) is 0 Å². The van der Waals surface area contributed by atoms with Gasteiger partial charge in [0.1, 0.15) is 0 Å². The zero-order chi connectivity index (χ0) is 13.0. The minimum Gasteiger partial charge on any atom is -0.409 e. The van der Waals surface area contributed by atoms with Crippen LogP contribution in [0.2, 0.25) is 0 Å². The monoisotopic (exact) mass is 245 g/mol. The van der Waals surface area contributed by atoms with Crippen LogP contribution in [0.25, 0.3) is 0 Å². The van der Waals surface area contributed by atoms with Gasteiger partial charge in [0.25, 0.3) is 5.91 Å². The molecular formula is C11H11N5O2. The van der Waals surface area contributed by atoms with E-state index < -0.39 is 0 Å². The van der Waals surface area contributed by atoms with Gasteiger partial charge in [-0.05, 0) is 12.1 Å². The molecule has 18 heavy (non-hydrogen) atoms. The lowest BCUT2D eigenvalue weighted by Gasteiger charge is -2.04. The van der Waals surface area contributed by atoms with E-state index in [4.69, 9.17) is 10.9 Å². The van der Waals surface area contributed by atoms with Crippen LogP contribution in [0.4, 0.5) is 5.69 Å². The van der Waals surface area contributed by atoms with Crippen LogP contribution in [0.3, 0.4) is 0 Å². The highest BCUT2D eigenvalue weighted by molar-refractivity contribution is 6.06. The number of aromatic amines is 1. The molecular weight excluding hydrogens is 234 g/mol. The Kier molecular flexibility index (Phi) is 3.24. The fourth-order valence-electron chi connectivity index (χ4n) is 1.40. The first kappa shape index (κ1) is 11.6. The topological polar surface area (TPSA) is 116 Å². The van der Waals surface area contributed by atoms with Gasteiger partial charge in [0, 0.05) is 17.3 Å². The summed E-state index contributed by atoms with van der Waals surface area (Å²) in [5, 5.41) is 20.4. The number of hydrogen-bond donors (Lipinski definition) is 4. The minimum absolute atomic E-state index is 0.0482. The highest BCUT2D eigenvalue weighted by Crippen LogP contribution is 2.09. The van der Waals surface area contributed by atoms with Crippen LogP contribution < -0.4 is 11.1 Å². The fraction of sp³-hybridized carbons (Fsp3) is 0. The van der Waals surface area contributed by atoms with Crippen LogP contribution in [-0.4, -0.2) is 27.1 Å². The summed E-state index contributed by atoms with van der Waals surface area (Å²) in [4.78, 5) is 11.9. The van der Waals surface area contributed by atoms with Gasteiger partial charge in [-0.1, -0.05) is 17.3 Å². The average Bonchev–Trinajstić information content (AvgIpc) is 2.90. The number of amides is 1. The van der Waals surface area contributed by atoms with Crippen molar-refractivity contribution in [1.82, 2.24) is 10.2 Å². The van der Waals surface area contributed by atoms with E-state index >= 15 is 0 Å². The van der Waals surface area contributed by atoms with Crippen LogP contribution in [-0.2, 0) is 0 Å². The molecule has 0 aliphatic heterocycles. The number of benzene rings is 1. The lowest BCUT2D eigenvalue weighted by molar-refractivity contribution is 0.102. The van der Waals surface area contributed by atoms with Gasteiger partial charge in [-0.2, -0.15) is 5.10 Å². The molecule has 0 saturated heterocycles. The van der Waals surface area contributed by atoms with Crippen molar-refractivity contribution >= 4 is 17.4 Å². The number of nitrogens with zero attached hydrogens (tertiary/aromatic N) is 2. The smallest absolute Gasteiger partial charge is 0.255 e. The van der Waals surface area contributed by atoms with Crippen molar-refractivity contribution in [1.29, 1.82) is 0 Å². The second-order valence-electron chi connectivity index (χ2n) is 3.51. The highest BCUT2D eigenvalue weighted by Gasteiger charge is 2.08. The van der Waals surface area contributed by atoms with E-state index in [1.165, 1.54) is 12.3 Å². The molecule has 92 valence electrons. The van der Waals surface area contributed by atoms with Crippen molar-refractivity contribution in [2.45, 2.75) is 0 Å². The number of rotatable bonds is 3. The maximum absolute atomic E-state index is 11.9. The Labute approximate surface area is 102 Å². The first-order valence-corrected chi connectivity index (χ1v) is 5.09. The van der Waals surface area contributed by atoms with Crippen LogP contribution >= 0.6 is 0 Å². The number of carbonyl (C=O) groups excluding carboxylic acids is 1. The molecule has 0 bridgehead atoms. The molecule has 0 aliphatic rings. The largest absolute Gasteiger partial charge is 0.409 e. The molecule has 0 unspecified atom stereocenters. The van der Waals surface area contributed by atoms with E-state index in [9.17, 15) is 4.79 Å². The third-order valence-electron chi connectivity index (χ3n) is 2.28. The highest BCUT2D eigenvalue weighted by atomic mass is 16.4. The third-order valence-corrected chi connectivity index (χ3v) is 2.28. The molecule has 7 nitrogen and oxygen atoms in total. The molecule has 1 amide bonds. The molecule has 1 aromatic carbocycles. The molecule has 0 atom stereocenters. The Morgan fingerprint density at radius 2 is 2.22 bits per heavy atom. The number of carbonyl (C=O) groups is 1. The quantitative estimate of drug-likeness (QED) is 0.276. The first-order valence-electron chi connectivity index (χ1n) is 5.09. The number of H-pyrrole nitrogens is 1. The van der Waals surface area contributed by atoms with Crippen LogP contribution in [0.1, 0.15) is 15.9 Å². The van der Waals surface area contributed by atoms with E-state index in [1.807, 2.05) is 0 Å². The summed E-state index contributed by atoms with van der Waals surface area (Å²) in [5.41, 5.74) is 6.89. The molecule has 0 fully saturated rings. The molecule has 0 spiro atoms. The van der Waals surface area contributed by atoms with Crippen molar-refractivity contribution in [3.8, 4) is 0 Å². The number of anilines is 1. The first-order chi connectivity index (χ1) is 8.70. The van der Waals surface area contributed by atoms with Gasteiger partial charge in [0.2, 0.25) is 0 Å². The Balaban J connectivity index is 2.20. The minimum atomic E-state index is -0.302. The molecule has 1 heterocycles. The number of hydrogen-bond acceptors (Lipinski definition) is 4. The zero-order valence-corrected chi connectivity index (χ0v) is 9.29. The third kappa shape index (κ3) is 2.46. The number of nitrogens with two attached hydrogens (primary N) is 1. The van der Waals surface area contributed by atoms with Crippen LogP contribution in [0, 0.1) is 0 Å². The molecule has 2 rings (SSSR count). The number of nitrogens with one attached hydrogen (secondary N) is 2. The lowest BCUT2D eigenvalue weighted by Crippen LogP contribution is -2.16. The van der Waals surface area contributed by atoms with Gasteiger partial charge in [-0.15, -0.1) is 0 Å². The molecule has 0 radical (unpaired) electrons. The maximum atomic E-state index is 11.9. The summed E-state index contributed by atoms with van der Waals surface area (Å²) >= 11 is 0. The maximum Gasteiger partial charge on any atom is 0.255 e. The molecule has 5 N–H and O–H groups in total. The van der Waals surface area contributed by atoms with Crippen molar-refractivity contribution in [3.63, 3.8) is 0 Å². The van der Waals surface area contributed by atoms with Gasteiger partial charge < -0.3 is 16.3 Å². The second-order valence-corrected chi connectivity index (χ2v) is 3.51. The Hall–Kier alpha value is -2.83. The summed E-state index contributed by atoms with van der Waals surface area (Å²) in [6, 6.07) is 6.45. The second kappa shape index (κ2) is 5.00. The fourth-order valence-corrected chi connectivity index (χ4v) is 1.40.